The maximum absolute atomic E-state index is 10.2. The Labute approximate surface area is 121 Å². The minimum absolute atomic E-state index is 0.246. The highest BCUT2D eigenvalue weighted by Crippen LogP contribution is 2.16. The number of aliphatic hydroxyl groups is 1. The maximum atomic E-state index is 10.2. The first-order chi connectivity index (χ1) is 9.72. The van der Waals surface area contributed by atoms with Crippen LogP contribution in [0.15, 0.2) is 23.8 Å². The molecular weight excluding hydrogens is 258 g/mol. The molecule has 0 spiro atoms. The van der Waals surface area contributed by atoms with E-state index in [1.165, 1.54) is 0 Å². The van der Waals surface area contributed by atoms with Crippen LogP contribution < -0.4 is 5.32 Å². The first-order valence-electron chi connectivity index (χ1n) is 7.33. The molecule has 0 fully saturated rings. The van der Waals surface area contributed by atoms with Gasteiger partial charge >= 0.3 is 0 Å². The van der Waals surface area contributed by atoms with E-state index in [4.69, 9.17) is 14.2 Å². The van der Waals surface area contributed by atoms with Crippen LogP contribution in [0.25, 0.3) is 0 Å². The highest BCUT2D eigenvalue weighted by molar-refractivity contribution is 5.26. The summed E-state index contributed by atoms with van der Waals surface area (Å²) in [7, 11) is 0. The van der Waals surface area contributed by atoms with E-state index in [1.807, 2.05) is 39.0 Å². The van der Waals surface area contributed by atoms with Crippen molar-refractivity contribution < 1.29 is 19.3 Å². The minimum Gasteiger partial charge on any atom is -0.386 e. The molecule has 0 aromatic rings. The van der Waals surface area contributed by atoms with Gasteiger partial charge in [-0.25, -0.2) is 0 Å². The Morgan fingerprint density at radius 1 is 1.20 bits per heavy atom. The van der Waals surface area contributed by atoms with Gasteiger partial charge in [0, 0.05) is 32.9 Å². The van der Waals surface area contributed by atoms with E-state index < -0.39 is 6.10 Å². The number of hydrogen-bond donors (Lipinski definition) is 2. The number of hydrogen-bond acceptors (Lipinski definition) is 5. The SMILES string of the molecule is CCOC(CNCC1=CC=CC(OCC)[C@@H]1O)OCC. The Kier molecular flexibility index (Phi) is 8.73. The Bertz CT molecular complexity index is 311. The Balaban J connectivity index is 2.36. The predicted octanol–water partition coefficient (Wildman–Crippen LogP) is 1.24. The van der Waals surface area contributed by atoms with Gasteiger partial charge in [0.15, 0.2) is 6.29 Å². The van der Waals surface area contributed by atoms with Crippen molar-refractivity contribution in [1.29, 1.82) is 0 Å². The highest BCUT2D eigenvalue weighted by Gasteiger charge is 2.23. The van der Waals surface area contributed by atoms with E-state index in [2.05, 4.69) is 5.32 Å². The number of aliphatic hydroxyl groups excluding tert-OH is 1. The smallest absolute Gasteiger partial charge is 0.169 e. The van der Waals surface area contributed by atoms with E-state index in [-0.39, 0.29) is 12.4 Å². The number of ether oxygens (including phenoxy) is 3. The van der Waals surface area contributed by atoms with E-state index in [0.717, 1.165) is 5.57 Å². The summed E-state index contributed by atoms with van der Waals surface area (Å²) in [5.41, 5.74) is 0.915. The molecule has 2 N–H and O–H groups in total. The van der Waals surface area contributed by atoms with Crippen LogP contribution in [0.5, 0.6) is 0 Å². The van der Waals surface area contributed by atoms with E-state index in [0.29, 0.717) is 32.9 Å². The van der Waals surface area contributed by atoms with Crippen LogP contribution >= 0.6 is 0 Å². The van der Waals surface area contributed by atoms with Crippen LogP contribution in [-0.4, -0.2) is 56.5 Å². The van der Waals surface area contributed by atoms with Crippen molar-refractivity contribution in [1.82, 2.24) is 5.32 Å². The molecule has 1 aliphatic carbocycles. The lowest BCUT2D eigenvalue weighted by Crippen LogP contribution is -2.38. The average Bonchev–Trinajstić information content (AvgIpc) is 2.43. The maximum Gasteiger partial charge on any atom is 0.169 e. The molecule has 1 aliphatic rings. The van der Waals surface area contributed by atoms with Crippen molar-refractivity contribution in [3.8, 4) is 0 Å². The summed E-state index contributed by atoms with van der Waals surface area (Å²) in [6.07, 6.45) is 4.63. The van der Waals surface area contributed by atoms with Crippen LogP contribution in [0.3, 0.4) is 0 Å². The Morgan fingerprint density at radius 3 is 2.50 bits per heavy atom. The van der Waals surface area contributed by atoms with Crippen LogP contribution in [0.2, 0.25) is 0 Å². The summed E-state index contributed by atoms with van der Waals surface area (Å²) in [6, 6.07) is 0. The van der Waals surface area contributed by atoms with Gasteiger partial charge in [-0.2, -0.15) is 0 Å². The molecule has 0 aliphatic heterocycles. The lowest BCUT2D eigenvalue weighted by molar-refractivity contribution is -0.132. The summed E-state index contributed by atoms with van der Waals surface area (Å²) in [6.45, 7) is 8.81. The molecule has 0 amide bonds. The Morgan fingerprint density at radius 2 is 1.90 bits per heavy atom. The van der Waals surface area contributed by atoms with Gasteiger partial charge in [-0.3, -0.25) is 0 Å². The summed E-state index contributed by atoms with van der Waals surface area (Å²) < 4.78 is 16.4. The minimum atomic E-state index is -0.593. The van der Waals surface area contributed by atoms with Crippen LogP contribution in [0.1, 0.15) is 20.8 Å². The summed E-state index contributed by atoms with van der Waals surface area (Å²) in [5.74, 6) is 0. The second kappa shape index (κ2) is 10.1. The highest BCUT2D eigenvalue weighted by atomic mass is 16.7. The quantitative estimate of drug-likeness (QED) is 0.591. The lowest BCUT2D eigenvalue weighted by Gasteiger charge is -2.26. The number of allylic oxidation sites excluding steroid dienone is 2. The van der Waals surface area contributed by atoms with Gasteiger partial charge in [-0.1, -0.05) is 18.2 Å². The van der Waals surface area contributed by atoms with Gasteiger partial charge in [0.1, 0.15) is 12.2 Å². The van der Waals surface area contributed by atoms with Gasteiger partial charge in [0.2, 0.25) is 0 Å². The van der Waals surface area contributed by atoms with Gasteiger partial charge in [0.05, 0.1) is 0 Å². The zero-order valence-corrected chi connectivity index (χ0v) is 12.7. The fraction of sp³-hybridized carbons (Fsp3) is 0.733. The standard InChI is InChI=1S/C15H27NO4/c1-4-18-13-9-7-8-12(15(13)17)10-16-11-14(19-5-2)20-6-3/h7-9,13-17H,4-6,10-11H2,1-3H3/t13?,15-/m1/s1. The molecule has 116 valence electrons. The molecule has 0 saturated carbocycles. The molecule has 0 aromatic heterocycles. The number of nitrogens with one attached hydrogen (secondary N) is 1. The summed E-state index contributed by atoms with van der Waals surface area (Å²) in [4.78, 5) is 0. The van der Waals surface area contributed by atoms with Crippen molar-refractivity contribution in [3.63, 3.8) is 0 Å². The molecule has 0 radical (unpaired) electrons. The van der Waals surface area contributed by atoms with Crippen molar-refractivity contribution in [3.05, 3.63) is 23.8 Å². The zero-order valence-electron chi connectivity index (χ0n) is 12.7. The third-order valence-corrected chi connectivity index (χ3v) is 3.01. The van der Waals surface area contributed by atoms with Crippen LogP contribution in [0, 0.1) is 0 Å². The van der Waals surface area contributed by atoms with Crippen molar-refractivity contribution in [2.24, 2.45) is 0 Å². The van der Waals surface area contributed by atoms with Crippen molar-refractivity contribution >= 4 is 0 Å². The largest absolute Gasteiger partial charge is 0.386 e. The third kappa shape index (κ3) is 5.73. The van der Waals surface area contributed by atoms with Crippen molar-refractivity contribution in [2.45, 2.75) is 39.3 Å². The zero-order chi connectivity index (χ0) is 14.8. The van der Waals surface area contributed by atoms with Gasteiger partial charge in [-0.15, -0.1) is 0 Å². The van der Waals surface area contributed by atoms with Gasteiger partial charge < -0.3 is 24.6 Å². The molecule has 1 rings (SSSR count). The number of rotatable bonds is 10. The van der Waals surface area contributed by atoms with Crippen LogP contribution in [0.4, 0.5) is 0 Å². The molecule has 1 unspecified atom stereocenters. The first-order valence-corrected chi connectivity index (χ1v) is 7.33. The van der Waals surface area contributed by atoms with E-state index >= 15 is 0 Å². The van der Waals surface area contributed by atoms with E-state index in [9.17, 15) is 5.11 Å². The molecule has 0 bridgehead atoms. The molecule has 2 atom stereocenters. The third-order valence-electron chi connectivity index (χ3n) is 3.01. The summed E-state index contributed by atoms with van der Waals surface area (Å²) >= 11 is 0. The summed E-state index contributed by atoms with van der Waals surface area (Å²) in [5, 5.41) is 13.4. The monoisotopic (exact) mass is 285 g/mol. The van der Waals surface area contributed by atoms with Crippen LogP contribution in [-0.2, 0) is 14.2 Å². The lowest BCUT2D eigenvalue weighted by atomic mass is 9.99. The molecule has 0 heterocycles. The molecule has 5 nitrogen and oxygen atoms in total. The van der Waals surface area contributed by atoms with E-state index in [1.54, 1.807) is 0 Å². The fourth-order valence-corrected chi connectivity index (χ4v) is 2.08. The second-order valence-corrected chi connectivity index (χ2v) is 4.46. The average molecular weight is 285 g/mol. The normalized spacial score (nSPS) is 22.4. The second-order valence-electron chi connectivity index (χ2n) is 4.46. The Hall–Kier alpha value is -0.720. The fourth-order valence-electron chi connectivity index (χ4n) is 2.08. The molecule has 0 saturated heterocycles. The van der Waals surface area contributed by atoms with Gasteiger partial charge in [0.25, 0.3) is 0 Å². The topological polar surface area (TPSA) is 60.0 Å². The van der Waals surface area contributed by atoms with Gasteiger partial charge in [-0.05, 0) is 26.3 Å². The first kappa shape index (κ1) is 17.3. The molecule has 20 heavy (non-hydrogen) atoms. The molecule has 0 aromatic carbocycles. The predicted molar refractivity (Wildman–Crippen MR) is 78.6 cm³/mol. The molecule has 5 heteroatoms. The van der Waals surface area contributed by atoms with Crippen molar-refractivity contribution in [2.75, 3.05) is 32.9 Å². The molecular formula is C15H27NO4.